The molecule has 0 unspecified atom stereocenters. The number of rotatable bonds is 4. The van der Waals surface area contributed by atoms with Crippen LogP contribution in [0.3, 0.4) is 0 Å². The summed E-state index contributed by atoms with van der Waals surface area (Å²) in [6, 6.07) is 0. The minimum absolute atomic E-state index is 0.355. The number of hydrogen-bond donors (Lipinski definition) is 1. The topological polar surface area (TPSA) is 38.3 Å². The van der Waals surface area contributed by atoms with E-state index in [1.165, 1.54) is 0 Å². The summed E-state index contributed by atoms with van der Waals surface area (Å²) in [7, 11) is 0. The van der Waals surface area contributed by atoms with Gasteiger partial charge in [0.15, 0.2) is 0 Å². The summed E-state index contributed by atoms with van der Waals surface area (Å²) in [5.41, 5.74) is 0. The van der Waals surface area contributed by atoms with E-state index in [1.54, 1.807) is 6.92 Å². The molecule has 0 saturated carbocycles. The molecule has 3 nitrogen and oxygen atoms in total. The third-order valence-corrected chi connectivity index (χ3v) is 1.24. The van der Waals surface area contributed by atoms with Crippen molar-refractivity contribution in [1.82, 2.24) is 5.32 Å². The van der Waals surface area contributed by atoms with Gasteiger partial charge in [0, 0.05) is 13.0 Å². The van der Waals surface area contributed by atoms with Crippen molar-refractivity contribution in [3.8, 4) is 11.8 Å². The van der Waals surface area contributed by atoms with Crippen molar-refractivity contribution in [2.45, 2.75) is 27.2 Å². The number of alkyl carbamates (subject to hydrolysis) is 1. The van der Waals surface area contributed by atoms with E-state index in [0.29, 0.717) is 25.5 Å². The van der Waals surface area contributed by atoms with E-state index in [9.17, 15) is 4.79 Å². The molecule has 0 bridgehead atoms. The molecule has 0 aliphatic carbocycles. The van der Waals surface area contributed by atoms with Crippen LogP contribution in [-0.2, 0) is 4.74 Å². The number of nitrogens with one attached hydrogen (secondary N) is 1. The molecule has 0 aromatic rings. The van der Waals surface area contributed by atoms with Crippen molar-refractivity contribution in [2.24, 2.45) is 5.92 Å². The molecule has 0 aliphatic heterocycles. The fourth-order valence-electron chi connectivity index (χ4n) is 0.645. The third kappa shape index (κ3) is 8.74. The Kier molecular flexibility index (Phi) is 6.80. The Morgan fingerprint density at radius 1 is 1.54 bits per heavy atom. The lowest BCUT2D eigenvalue weighted by molar-refractivity contribution is 0.133. The first-order chi connectivity index (χ1) is 6.16. The van der Waals surface area contributed by atoms with Gasteiger partial charge in [0.25, 0.3) is 0 Å². The molecule has 0 saturated heterocycles. The molecule has 0 fully saturated rings. The average Bonchev–Trinajstić information content (AvgIpc) is 2.09. The number of hydrogen-bond acceptors (Lipinski definition) is 2. The Balaban J connectivity index is 3.34. The zero-order chi connectivity index (χ0) is 10.1. The highest BCUT2D eigenvalue weighted by Gasteiger charge is 2.01. The smallest absolute Gasteiger partial charge is 0.407 e. The van der Waals surface area contributed by atoms with Crippen LogP contribution in [0.25, 0.3) is 0 Å². The summed E-state index contributed by atoms with van der Waals surface area (Å²) in [4.78, 5) is 10.9. The van der Waals surface area contributed by atoms with Crippen LogP contribution in [0, 0.1) is 17.8 Å². The van der Waals surface area contributed by atoms with Crippen molar-refractivity contribution >= 4 is 6.09 Å². The zero-order valence-corrected chi connectivity index (χ0v) is 8.52. The van der Waals surface area contributed by atoms with Gasteiger partial charge >= 0.3 is 6.09 Å². The monoisotopic (exact) mass is 183 g/mol. The van der Waals surface area contributed by atoms with E-state index < -0.39 is 0 Å². The van der Waals surface area contributed by atoms with Gasteiger partial charge in [0.2, 0.25) is 0 Å². The summed E-state index contributed by atoms with van der Waals surface area (Å²) < 4.78 is 4.89. The van der Waals surface area contributed by atoms with Crippen molar-refractivity contribution in [3.05, 3.63) is 0 Å². The Hall–Kier alpha value is -1.17. The molecule has 0 atom stereocenters. The fourth-order valence-corrected chi connectivity index (χ4v) is 0.645. The largest absolute Gasteiger partial charge is 0.449 e. The summed E-state index contributed by atoms with van der Waals surface area (Å²) >= 11 is 0. The highest BCUT2D eigenvalue weighted by molar-refractivity contribution is 5.67. The van der Waals surface area contributed by atoms with Crippen molar-refractivity contribution in [2.75, 3.05) is 13.2 Å². The SMILES string of the molecule is CC#CCCNC(=O)OCC(C)C. The highest BCUT2D eigenvalue weighted by atomic mass is 16.5. The summed E-state index contributed by atoms with van der Waals surface area (Å²) in [6.45, 7) is 6.78. The Bertz CT molecular complexity index is 201. The number of carbonyl (C=O) groups is 1. The molecule has 0 aliphatic rings. The van der Waals surface area contributed by atoms with Gasteiger partial charge in [0.1, 0.15) is 0 Å². The molecule has 0 heterocycles. The van der Waals surface area contributed by atoms with Gasteiger partial charge in [-0.25, -0.2) is 4.79 Å². The average molecular weight is 183 g/mol. The maximum atomic E-state index is 10.9. The van der Waals surface area contributed by atoms with Crippen LogP contribution < -0.4 is 5.32 Å². The van der Waals surface area contributed by atoms with Crippen molar-refractivity contribution < 1.29 is 9.53 Å². The normalized spacial score (nSPS) is 8.92. The molecule has 3 heteroatoms. The van der Waals surface area contributed by atoms with E-state index in [1.807, 2.05) is 13.8 Å². The minimum atomic E-state index is -0.355. The summed E-state index contributed by atoms with van der Waals surface area (Å²) in [5.74, 6) is 5.97. The number of ether oxygens (including phenoxy) is 1. The molecule has 13 heavy (non-hydrogen) atoms. The lowest BCUT2D eigenvalue weighted by Gasteiger charge is -2.07. The first-order valence-electron chi connectivity index (χ1n) is 4.47. The van der Waals surface area contributed by atoms with Crippen molar-refractivity contribution in [3.63, 3.8) is 0 Å². The maximum Gasteiger partial charge on any atom is 0.407 e. The van der Waals surface area contributed by atoms with Gasteiger partial charge in [0.05, 0.1) is 6.61 Å². The quantitative estimate of drug-likeness (QED) is 0.533. The predicted octanol–water partition coefficient (Wildman–Crippen LogP) is 1.78. The first-order valence-corrected chi connectivity index (χ1v) is 4.47. The Morgan fingerprint density at radius 3 is 2.77 bits per heavy atom. The van der Waals surface area contributed by atoms with Crippen LogP contribution >= 0.6 is 0 Å². The zero-order valence-electron chi connectivity index (χ0n) is 8.52. The third-order valence-electron chi connectivity index (χ3n) is 1.24. The molecular formula is C10H17NO2. The van der Waals surface area contributed by atoms with Crippen LogP contribution in [-0.4, -0.2) is 19.2 Å². The van der Waals surface area contributed by atoms with Crippen molar-refractivity contribution in [1.29, 1.82) is 0 Å². The second kappa shape index (κ2) is 7.48. The van der Waals surface area contributed by atoms with Gasteiger partial charge in [-0.3, -0.25) is 0 Å². The number of carbonyl (C=O) groups excluding carboxylic acids is 1. The second-order valence-corrected chi connectivity index (χ2v) is 3.10. The Morgan fingerprint density at radius 2 is 2.23 bits per heavy atom. The first kappa shape index (κ1) is 11.8. The lowest BCUT2D eigenvalue weighted by Crippen LogP contribution is -2.26. The molecule has 0 rings (SSSR count). The standard InChI is InChI=1S/C10H17NO2/c1-4-5-6-7-11-10(12)13-8-9(2)3/h9H,6-8H2,1-3H3,(H,11,12). The molecule has 74 valence electrons. The summed E-state index contributed by atoms with van der Waals surface area (Å²) in [6.07, 6.45) is 0.319. The molecule has 0 spiro atoms. The lowest BCUT2D eigenvalue weighted by atomic mass is 10.2. The molecule has 0 aromatic heterocycles. The van der Waals surface area contributed by atoms with E-state index in [0.717, 1.165) is 0 Å². The van der Waals surface area contributed by atoms with Gasteiger partial charge in [-0.2, -0.15) is 0 Å². The number of amides is 1. The van der Waals surface area contributed by atoms with Crippen LogP contribution in [0.4, 0.5) is 4.79 Å². The fraction of sp³-hybridized carbons (Fsp3) is 0.700. The second-order valence-electron chi connectivity index (χ2n) is 3.10. The highest BCUT2D eigenvalue weighted by Crippen LogP contribution is 1.92. The van der Waals surface area contributed by atoms with E-state index in [-0.39, 0.29) is 6.09 Å². The summed E-state index contributed by atoms with van der Waals surface area (Å²) in [5, 5.41) is 2.61. The minimum Gasteiger partial charge on any atom is -0.449 e. The van der Waals surface area contributed by atoms with Crippen LogP contribution in [0.2, 0.25) is 0 Å². The molecule has 1 amide bonds. The van der Waals surface area contributed by atoms with Gasteiger partial charge in [-0.1, -0.05) is 13.8 Å². The van der Waals surface area contributed by atoms with Gasteiger partial charge in [-0.05, 0) is 12.8 Å². The predicted molar refractivity (Wildman–Crippen MR) is 52.3 cm³/mol. The van der Waals surface area contributed by atoms with Crippen LogP contribution in [0.5, 0.6) is 0 Å². The molecule has 0 radical (unpaired) electrons. The van der Waals surface area contributed by atoms with Crippen LogP contribution in [0.1, 0.15) is 27.2 Å². The molecule has 1 N–H and O–H groups in total. The van der Waals surface area contributed by atoms with E-state index in [2.05, 4.69) is 17.2 Å². The van der Waals surface area contributed by atoms with Crippen LogP contribution in [0.15, 0.2) is 0 Å². The molecule has 0 aromatic carbocycles. The Labute approximate surface area is 79.8 Å². The van der Waals surface area contributed by atoms with E-state index in [4.69, 9.17) is 4.74 Å². The maximum absolute atomic E-state index is 10.9. The van der Waals surface area contributed by atoms with Gasteiger partial charge < -0.3 is 10.1 Å². The molecular weight excluding hydrogens is 166 g/mol. The van der Waals surface area contributed by atoms with Gasteiger partial charge in [-0.15, -0.1) is 11.8 Å². The van der Waals surface area contributed by atoms with E-state index >= 15 is 0 Å².